The van der Waals surface area contributed by atoms with Gasteiger partial charge in [0.05, 0.1) is 11.1 Å². The summed E-state index contributed by atoms with van der Waals surface area (Å²) in [7, 11) is 0. The molecule has 164 valence electrons. The molecule has 2 aromatic heterocycles. The second-order valence-corrected chi connectivity index (χ2v) is 7.84. The Morgan fingerprint density at radius 3 is 1.64 bits per heavy atom. The highest BCUT2D eigenvalue weighted by Crippen LogP contribution is 2.36. The summed E-state index contributed by atoms with van der Waals surface area (Å²) in [5.74, 6) is -1.28. The normalized spacial score (nSPS) is 12.0. The van der Waals surface area contributed by atoms with Crippen LogP contribution in [0.25, 0.3) is 22.8 Å². The van der Waals surface area contributed by atoms with E-state index in [1.807, 2.05) is 12.1 Å². The lowest BCUT2D eigenvalue weighted by molar-refractivity contribution is 0.0959. The van der Waals surface area contributed by atoms with Crippen molar-refractivity contribution in [3.8, 4) is 47.1 Å². The Morgan fingerprint density at radius 2 is 1.11 bits per heavy atom. The number of imidazole rings is 2. The molecule has 0 saturated carbocycles. The van der Waals surface area contributed by atoms with Crippen molar-refractivity contribution < 1.29 is 14.4 Å². The van der Waals surface area contributed by atoms with Crippen molar-refractivity contribution in [3.05, 3.63) is 81.4 Å². The molecule has 0 spiro atoms. The van der Waals surface area contributed by atoms with Crippen LogP contribution in [-0.2, 0) is 0 Å². The summed E-state index contributed by atoms with van der Waals surface area (Å²) >= 11 is 0. The molecule has 2 aliphatic heterocycles. The molecule has 0 atom stereocenters. The molecule has 0 N–H and O–H groups in total. The molecule has 4 aromatic rings. The lowest BCUT2D eigenvalue weighted by Crippen LogP contribution is -2.10. The number of ketones is 1. The molecule has 36 heavy (non-hydrogen) atoms. The van der Waals surface area contributed by atoms with Gasteiger partial charge in [0, 0.05) is 22.3 Å². The van der Waals surface area contributed by atoms with Gasteiger partial charge in [0.15, 0.2) is 40.2 Å². The largest absolute Gasteiger partial charge is 0.289 e. The molecule has 0 saturated heterocycles. The van der Waals surface area contributed by atoms with E-state index in [2.05, 4.69) is 9.97 Å². The van der Waals surface area contributed by atoms with Crippen LogP contribution < -0.4 is 0 Å². The molecule has 0 radical (unpaired) electrons. The molecular formula is C25H6N8O3. The highest BCUT2D eigenvalue weighted by atomic mass is 16.2. The minimum atomic E-state index is -0.574. The van der Waals surface area contributed by atoms with E-state index in [9.17, 15) is 35.4 Å². The van der Waals surface area contributed by atoms with E-state index in [4.69, 9.17) is 0 Å². The third-order valence-corrected chi connectivity index (χ3v) is 6.09. The highest BCUT2D eigenvalue weighted by molar-refractivity contribution is 6.16. The van der Waals surface area contributed by atoms with Crippen LogP contribution in [0.15, 0.2) is 36.4 Å². The topological polar surface area (TPSA) is 182 Å². The van der Waals surface area contributed by atoms with Crippen LogP contribution in [-0.4, -0.2) is 36.7 Å². The number of nitrogens with zero attached hydrogens (tertiary/aromatic N) is 8. The predicted molar refractivity (Wildman–Crippen MR) is 117 cm³/mol. The van der Waals surface area contributed by atoms with Crippen molar-refractivity contribution in [1.82, 2.24) is 19.1 Å². The Morgan fingerprint density at radius 1 is 0.639 bits per heavy atom. The number of aromatic nitrogens is 4. The molecule has 11 nitrogen and oxygen atoms in total. The van der Waals surface area contributed by atoms with Gasteiger partial charge in [0.1, 0.15) is 24.3 Å². The van der Waals surface area contributed by atoms with Crippen molar-refractivity contribution in [3.63, 3.8) is 0 Å². The maximum atomic E-state index is 13.3. The smallest absolute Gasteiger partial charge is 0.265 e. The van der Waals surface area contributed by atoms with Crippen LogP contribution in [0.1, 0.15) is 59.4 Å². The van der Waals surface area contributed by atoms with Crippen LogP contribution in [0.4, 0.5) is 0 Å². The van der Waals surface area contributed by atoms with E-state index in [0.717, 1.165) is 9.13 Å². The summed E-state index contributed by atoms with van der Waals surface area (Å²) in [5, 5.41) is 37.2. The first-order valence-electron chi connectivity index (χ1n) is 10.2. The van der Waals surface area contributed by atoms with Gasteiger partial charge in [-0.2, -0.15) is 21.0 Å². The monoisotopic (exact) mass is 466 g/mol. The second kappa shape index (κ2) is 6.91. The number of carbonyl (C=O) groups is 3. The third kappa shape index (κ3) is 2.38. The van der Waals surface area contributed by atoms with E-state index < -0.39 is 17.6 Å². The van der Waals surface area contributed by atoms with Crippen molar-refractivity contribution >= 4 is 17.6 Å². The number of hydrogen-bond acceptors (Lipinski definition) is 9. The summed E-state index contributed by atoms with van der Waals surface area (Å²) in [4.78, 5) is 47.3. The zero-order valence-electron chi connectivity index (χ0n) is 17.8. The van der Waals surface area contributed by atoms with E-state index in [0.29, 0.717) is 11.1 Å². The quantitative estimate of drug-likeness (QED) is 0.345. The number of benzene rings is 2. The Kier molecular flexibility index (Phi) is 3.93. The van der Waals surface area contributed by atoms with Gasteiger partial charge in [0.25, 0.3) is 11.8 Å². The van der Waals surface area contributed by atoms with Gasteiger partial charge in [-0.25, -0.2) is 19.1 Å². The third-order valence-electron chi connectivity index (χ3n) is 6.09. The minimum absolute atomic E-state index is 0.102. The first-order chi connectivity index (χ1) is 17.4. The van der Waals surface area contributed by atoms with Gasteiger partial charge in [0.2, 0.25) is 0 Å². The van der Waals surface area contributed by atoms with Gasteiger partial charge < -0.3 is 0 Å². The standard InChI is InChI=1S/C25H6N8O3/c26-7-17-19(9-28)32-22(30-17)13-3-1-12(6-16(13)25(32)36)21(34)11-2-4-14-15(5-11)23-31-18(8-27)20(10-29)33(23)24(14)35/h1-6H. The molecule has 2 aliphatic rings. The predicted octanol–water partition coefficient (Wildman–Crippen LogP) is 2.14. The molecule has 4 heterocycles. The minimum Gasteiger partial charge on any atom is -0.289 e. The van der Waals surface area contributed by atoms with E-state index >= 15 is 0 Å². The lowest BCUT2D eigenvalue weighted by atomic mass is 9.96. The van der Waals surface area contributed by atoms with Crippen molar-refractivity contribution in [2.45, 2.75) is 0 Å². The van der Waals surface area contributed by atoms with Crippen molar-refractivity contribution in [2.75, 3.05) is 0 Å². The molecule has 11 heteroatoms. The zero-order chi connectivity index (χ0) is 25.3. The molecule has 6 rings (SSSR count). The van der Waals surface area contributed by atoms with Gasteiger partial charge in [-0.15, -0.1) is 0 Å². The average Bonchev–Trinajstić information content (AvgIpc) is 3.61. The lowest BCUT2D eigenvalue weighted by Gasteiger charge is -2.05. The Labute approximate surface area is 200 Å². The zero-order valence-corrected chi connectivity index (χ0v) is 17.8. The second-order valence-electron chi connectivity index (χ2n) is 7.84. The summed E-state index contributed by atoms with van der Waals surface area (Å²) in [6, 6.07) is 16.0. The van der Waals surface area contributed by atoms with Gasteiger partial charge >= 0.3 is 0 Å². The van der Waals surface area contributed by atoms with Crippen LogP contribution in [0, 0.1) is 45.3 Å². The Hall–Kier alpha value is -6.17. The molecular weight excluding hydrogens is 460 g/mol. The molecule has 0 bridgehead atoms. The number of rotatable bonds is 2. The van der Waals surface area contributed by atoms with E-state index in [-0.39, 0.29) is 56.7 Å². The number of hydrogen-bond donors (Lipinski definition) is 0. The fraction of sp³-hybridized carbons (Fsp3) is 0. The summed E-state index contributed by atoms with van der Waals surface area (Å²) < 4.78 is 2.10. The molecule has 0 unspecified atom stereocenters. The van der Waals surface area contributed by atoms with Crippen molar-refractivity contribution in [2.24, 2.45) is 0 Å². The average molecular weight is 466 g/mol. The first kappa shape index (κ1) is 20.4. The Bertz CT molecular complexity index is 1950. The van der Waals surface area contributed by atoms with Crippen LogP contribution in [0.2, 0.25) is 0 Å². The van der Waals surface area contributed by atoms with Crippen LogP contribution in [0.5, 0.6) is 0 Å². The first-order valence-corrected chi connectivity index (χ1v) is 10.2. The maximum absolute atomic E-state index is 13.3. The van der Waals surface area contributed by atoms with Gasteiger partial charge in [-0.1, -0.05) is 12.1 Å². The molecule has 0 fully saturated rings. The molecule has 0 amide bonds. The summed E-state index contributed by atoms with van der Waals surface area (Å²) in [6.07, 6.45) is 0. The van der Waals surface area contributed by atoms with Crippen LogP contribution in [0.3, 0.4) is 0 Å². The SMILES string of the molecule is N#Cc1nc2n(c1C#N)C(=O)c1cc(C(=O)c3ccc4c(c3)-c3nc(C#N)c(C#N)n3C4=O)ccc1-2. The van der Waals surface area contributed by atoms with E-state index in [1.165, 1.54) is 36.4 Å². The fourth-order valence-corrected chi connectivity index (χ4v) is 4.48. The number of carbonyl (C=O) groups excluding carboxylic acids is 3. The summed E-state index contributed by atoms with van der Waals surface area (Å²) in [5.41, 5.74) is 0.786. The van der Waals surface area contributed by atoms with Crippen LogP contribution >= 0.6 is 0 Å². The molecule has 2 aromatic carbocycles. The van der Waals surface area contributed by atoms with E-state index in [1.54, 1.807) is 12.1 Å². The summed E-state index contributed by atoms with van der Waals surface area (Å²) in [6.45, 7) is 0. The highest BCUT2D eigenvalue weighted by Gasteiger charge is 2.35. The van der Waals surface area contributed by atoms with Gasteiger partial charge in [-0.3, -0.25) is 14.4 Å². The number of fused-ring (bicyclic) bond motifs is 6. The maximum Gasteiger partial charge on any atom is 0.265 e. The fourth-order valence-electron chi connectivity index (χ4n) is 4.48. The number of nitriles is 4. The van der Waals surface area contributed by atoms with Gasteiger partial charge in [-0.05, 0) is 24.3 Å². The van der Waals surface area contributed by atoms with Crippen molar-refractivity contribution in [1.29, 1.82) is 21.0 Å². The molecule has 0 aliphatic carbocycles. The Balaban J connectivity index is 1.43.